The highest BCUT2D eigenvalue weighted by Crippen LogP contribution is 2.25. The Morgan fingerprint density at radius 3 is 2.41 bits per heavy atom. The SMILES string of the molecule is Cc1ccc(-c2csc(C=Cc3cccc(Oc4ccccc4)c3)n2)cc1. The minimum Gasteiger partial charge on any atom is -0.457 e. The molecule has 0 saturated carbocycles. The maximum Gasteiger partial charge on any atom is 0.128 e. The van der Waals surface area contributed by atoms with Crippen LogP contribution in [0.25, 0.3) is 23.4 Å². The quantitative estimate of drug-likeness (QED) is 0.375. The Balaban J connectivity index is 1.48. The van der Waals surface area contributed by atoms with Crippen molar-refractivity contribution in [2.24, 2.45) is 0 Å². The lowest BCUT2D eigenvalue weighted by Gasteiger charge is -2.05. The van der Waals surface area contributed by atoms with E-state index in [2.05, 4.69) is 48.7 Å². The predicted molar refractivity (Wildman–Crippen MR) is 114 cm³/mol. The Bertz CT molecular complexity index is 1050. The molecule has 0 radical (unpaired) electrons. The van der Waals surface area contributed by atoms with Crippen LogP contribution in [-0.2, 0) is 0 Å². The normalized spacial score (nSPS) is 11.0. The van der Waals surface area contributed by atoms with E-state index in [4.69, 9.17) is 9.72 Å². The zero-order chi connectivity index (χ0) is 18.5. The van der Waals surface area contributed by atoms with E-state index >= 15 is 0 Å². The molecule has 0 unspecified atom stereocenters. The van der Waals surface area contributed by atoms with Crippen LogP contribution in [0.15, 0.2) is 84.2 Å². The topological polar surface area (TPSA) is 22.1 Å². The first-order valence-electron chi connectivity index (χ1n) is 8.80. The average molecular weight is 369 g/mol. The standard InChI is InChI=1S/C24H19NOS/c1-18-10-13-20(14-11-18)23-17-27-24(25-23)15-12-19-6-5-9-22(16-19)26-21-7-3-2-4-8-21/h2-17H,1H3. The van der Waals surface area contributed by atoms with Gasteiger partial charge in [-0.1, -0.05) is 66.2 Å². The second-order valence-electron chi connectivity index (χ2n) is 6.26. The lowest BCUT2D eigenvalue weighted by Crippen LogP contribution is -1.84. The molecule has 0 aliphatic carbocycles. The summed E-state index contributed by atoms with van der Waals surface area (Å²) < 4.78 is 5.90. The van der Waals surface area contributed by atoms with Crippen molar-refractivity contribution in [1.29, 1.82) is 0 Å². The van der Waals surface area contributed by atoms with Crippen molar-refractivity contribution < 1.29 is 4.74 Å². The van der Waals surface area contributed by atoms with Gasteiger partial charge >= 0.3 is 0 Å². The van der Waals surface area contributed by atoms with Crippen molar-refractivity contribution in [2.75, 3.05) is 0 Å². The van der Waals surface area contributed by atoms with E-state index in [-0.39, 0.29) is 0 Å². The molecule has 1 heterocycles. The molecule has 4 aromatic rings. The van der Waals surface area contributed by atoms with Crippen molar-refractivity contribution in [1.82, 2.24) is 4.98 Å². The minimum atomic E-state index is 0.822. The summed E-state index contributed by atoms with van der Waals surface area (Å²) >= 11 is 1.65. The summed E-state index contributed by atoms with van der Waals surface area (Å²) in [5.41, 5.74) is 4.50. The minimum absolute atomic E-state index is 0.822. The number of para-hydroxylation sites is 1. The summed E-state index contributed by atoms with van der Waals surface area (Å²) in [5.74, 6) is 1.66. The lowest BCUT2D eigenvalue weighted by molar-refractivity contribution is 0.482. The van der Waals surface area contributed by atoms with Crippen LogP contribution in [0.4, 0.5) is 0 Å². The summed E-state index contributed by atoms with van der Waals surface area (Å²) in [7, 11) is 0. The Morgan fingerprint density at radius 1 is 0.815 bits per heavy atom. The van der Waals surface area contributed by atoms with Gasteiger partial charge in [0.1, 0.15) is 16.5 Å². The molecule has 0 spiro atoms. The van der Waals surface area contributed by atoms with Crippen molar-refractivity contribution in [3.05, 3.63) is 100 Å². The second kappa shape index (κ2) is 8.02. The van der Waals surface area contributed by atoms with Crippen molar-refractivity contribution in [3.8, 4) is 22.8 Å². The number of thiazole rings is 1. The smallest absolute Gasteiger partial charge is 0.128 e. The first-order valence-corrected chi connectivity index (χ1v) is 9.68. The molecule has 3 heteroatoms. The molecule has 0 bridgehead atoms. The molecule has 1 aromatic heterocycles. The zero-order valence-corrected chi connectivity index (χ0v) is 15.8. The van der Waals surface area contributed by atoms with Crippen LogP contribution in [0.1, 0.15) is 16.1 Å². The molecule has 4 rings (SSSR count). The number of nitrogens with zero attached hydrogens (tertiary/aromatic N) is 1. The van der Waals surface area contributed by atoms with Gasteiger partial charge in [-0.15, -0.1) is 11.3 Å². The summed E-state index contributed by atoms with van der Waals surface area (Å²) in [6, 6.07) is 26.3. The molecule has 0 aliphatic rings. The maximum absolute atomic E-state index is 5.90. The van der Waals surface area contributed by atoms with E-state index in [1.165, 1.54) is 5.56 Å². The summed E-state index contributed by atoms with van der Waals surface area (Å²) in [6.07, 6.45) is 4.11. The van der Waals surface area contributed by atoms with Crippen molar-refractivity contribution in [2.45, 2.75) is 6.92 Å². The van der Waals surface area contributed by atoms with Gasteiger partial charge in [0.05, 0.1) is 5.69 Å². The van der Waals surface area contributed by atoms with Gasteiger partial charge in [-0.05, 0) is 42.8 Å². The van der Waals surface area contributed by atoms with E-state index in [1.807, 2.05) is 54.6 Å². The zero-order valence-electron chi connectivity index (χ0n) is 15.0. The predicted octanol–water partition coefficient (Wildman–Crippen LogP) is 7.08. The van der Waals surface area contributed by atoms with E-state index in [9.17, 15) is 0 Å². The lowest BCUT2D eigenvalue weighted by atomic mass is 10.1. The third kappa shape index (κ3) is 4.52. The van der Waals surface area contributed by atoms with Crippen LogP contribution < -0.4 is 4.74 Å². The third-order valence-corrected chi connectivity index (χ3v) is 4.93. The largest absolute Gasteiger partial charge is 0.457 e. The molecule has 3 aromatic carbocycles. The Hall–Kier alpha value is -3.17. The van der Waals surface area contributed by atoms with Gasteiger partial charge in [-0.3, -0.25) is 0 Å². The highest BCUT2D eigenvalue weighted by atomic mass is 32.1. The van der Waals surface area contributed by atoms with E-state index < -0.39 is 0 Å². The maximum atomic E-state index is 5.90. The molecule has 27 heavy (non-hydrogen) atoms. The van der Waals surface area contributed by atoms with Gasteiger partial charge in [-0.2, -0.15) is 0 Å². The monoisotopic (exact) mass is 369 g/mol. The summed E-state index contributed by atoms with van der Waals surface area (Å²) in [5, 5.41) is 3.08. The Labute approximate surface area is 163 Å². The van der Waals surface area contributed by atoms with Gasteiger partial charge < -0.3 is 4.74 Å². The fraction of sp³-hybridized carbons (Fsp3) is 0.0417. The van der Waals surface area contributed by atoms with Gasteiger partial charge in [0.25, 0.3) is 0 Å². The first-order chi connectivity index (χ1) is 13.3. The number of hydrogen-bond acceptors (Lipinski definition) is 3. The number of aryl methyl sites for hydroxylation is 1. The van der Waals surface area contributed by atoms with Gasteiger partial charge in [0.2, 0.25) is 0 Å². The van der Waals surface area contributed by atoms with Crippen LogP contribution in [0.5, 0.6) is 11.5 Å². The van der Waals surface area contributed by atoms with Gasteiger partial charge in [0, 0.05) is 10.9 Å². The average Bonchev–Trinajstić information content (AvgIpc) is 3.17. The fourth-order valence-corrected chi connectivity index (χ4v) is 3.41. The molecule has 132 valence electrons. The number of hydrogen-bond donors (Lipinski definition) is 0. The molecular weight excluding hydrogens is 350 g/mol. The van der Waals surface area contributed by atoms with Gasteiger partial charge in [-0.25, -0.2) is 4.98 Å². The Morgan fingerprint density at radius 2 is 1.59 bits per heavy atom. The van der Waals surface area contributed by atoms with Crippen LogP contribution in [0.2, 0.25) is 0 Å². The molecule has 2 nitrogen and oxygen atoms in total. The molecule has 0 amide bonds. The molecule has 0 N–H and O–H groups in total. The number of ether oxygens (including phenoxy) is 1. The molecule has 0 aliphatic heterocycles. The van der Waals surface area contributed by atoms with E-state index in [0.29, 0.717) is 0 Å². The highest BCUT2D eigenvalue weighted by molar-refractivity contribution is 7.10. The van der Waals surface area contributed by atoms with E-state index in [1.54, 1.807) is 11.3 Å². The van der Waals surface area contributed by atoms with Crippen LogP contribution >= 0.6 is 11.3 Å². The summed E-state index contributed by atoms with van der Waals surface area (Å²) in [6.45, 7) is 2.09. The molecule has 0 atom stereocenters. The second-order valence-corrected chi connectivity index (χ2v) is 7.15. The van der Waals surface area contributed by atoms with Gasteiger partial charge in [0.15, 0.2) is 0 Å². The van der Waals surface area contributed by atoms with Crippen molar-refractivity contribution >= 4 is 23.5 Å². The van der Waals surface area contributed by atoms with Crippen LogP contribution in [0.3, 0.4) is 0 Å². The van der Waals surface area contributed by atoms with Crippen molar-refractivity contribution in [3.63, 3.8) is 0 Å². The summed E-state index contributed by atoms with van der Waals surface area (Å²) in [4.78, 5) is 4.72. The Kier molecular flexibility index (Phi) is 5.13. The molecule has 0 fully saturated rings. The van der Waals surface area contributed by atoms with E-state index in [0.717, 1.165) is 33.3 Å². The number of rotatable bonds is 5. The highest BCUT2D eigenvalue weighted by Gasteiger charge is 2.03. The molecular formula is C24H19NOS. The van der Waals surface area contributed by atoms with Crippen LogP contribution in [-0.4, -0.2) is 4.98 Å². The first kappa shape index (κ1) is 17.3. The third-order valence-electron chi connectivity index (χ3n) is 4.12. The molecule has 0 saturated heterocycles. The number of benzene rings is 3. The fourth-order valence-electron chi connectivity index (χ4n) is 2.69. The van der Waals surface area contributed by atoms with Crippen LogP contribution in [0, 0.1) is 6.92 Å². The number of aromatic nitrogens is 1.